The van der Waals surface area contributed by atoms with Crippen molar-refractivity contribution in [3.05, 3.63) is 90.0 Å². The Morgan fingerprint density at radius 1 is 0.939 bits per heavy atom. The van der Waals surface area contributed by atoms with Gasteiger partial charge in [0.25, 0.3) is 0 Å². The molecule has 3 aromatic carbocycles. The number of nitrogens with one attached hydrogen (secondary N) is 2. The van der Waals surface area contributed by atoms with Crippen LogP contribution in [0, 0.1) is 0 Å². The number of amides is 1. The smallest absolute Gasteiger partial charge is 0.418 e. The molecular formula is C23H21F3N2O4S. The topological polar surface area (TPSA) is 84.5 Å². The highest BCUT2D eigenvalue weighted by Crippen LogP contribution is 2.34. The van der Waals surface area contributed by atoms with Crippen molar-refractivity contribution in [2.45, 2.75) is 23.5 Å². The van der Waals surface area contributed by atoms with E-state index in [4.69, 9.17) is 4.74 Å². The molecule has 0 aliphatic carbocycles. The second kappa shape index (κ2) is 10.1. The molecule has 3 rings (SSSR count). The van der Waals surface area contributed by atoms with Crippen molar-refractivity contribution >= 4 is 21.6 Å². The van der Waals surface area contributed by atoms with Gasteiger partial charge in [0.1, 0.15) is 11.8 Å². The van der Waals surface area contributed by atoms with E-state index in [-0.39, 0.29) is 11.3 Å². The number of rotatable bonds is 8. The Bertz CT molecular complexity index is 1200. The van der Waals surface area contributed by atoms with Crippen LogP contribution in [0.5, 0.6) is 5.75 Å². The third kappa shape index (κ3) is 6.33. The molecule has 0 aliphatic heterocycles. The summed E-state index contributed by atoms with van der Waals surface area (Å²) in [4.78, 5) is 12.9. The standard InChI is InChI=1S/C23H21F3N2O4S/c1-32-17-11-13-18(14-12-17)33(30,31)28-21(15-16-7-3-2-4-8-16)22(29)27-20-10-6-5-9-19(20)23(24,25)26/h2-14,21,28H,15H2,1H3,(H,27,29). The van der Waals surface area contributed by atoms with Gasteiger partial charge in [-0.2, -0.15) is 17.9 Å². The summed E-state index contributed by atoms with van der Waals surface area (Å²) in [6.45, 7) is 0. The molecule has 0 spiro atoms. The maximum atomic E-state index is 13.3. The van der Waals surface area contributed by atoms with Crippen LogP contribution in [0.15, 0.2) is 83.8 Å². The zero-order valence-corrected chi connectivity index (χ0v) is 18.3. The van der Waals surface area contributed by atoms with Crippen LogP contribution in [0.25, 0.3) is 0 Å². The summed E-state index contributed by atoms with van der Waals surface area (Å²) in [5.41, 5.74) is -0.870. The van der Waals surface area contributed by atoms with E-state index in [2.05, 4.69) is 10.0 Å². The first-order valence-corrected chi connectivity index (χ1v) is 11.3. The fourth-order valence-electron chi connectivity index (χ4n) is 3.11. The predicted octanol–water partition coefficient (Wildman–Crippen LogP) is 4.24. The van der Waals surface area contributed by atoms with Gasteiger partial charge in [-0.25, -0.2) is 8.42 Å². The fourth-order valence-corrected chi connectivity index (χ4v) is 4.30. The number of methoxy groups -OCH3 is 1. The Hall–Kier alpha value is -3.37. The minimum absolute atomic E-state index is 0.0732. The van der Waals surface area contributed by atoms with Crippen LogP contribution in [-0.4, -0.2) is 27.5 Å². The van der Waals surface area contributed by atoms with Crippen LogP contribution in [0.1, 0.15) is 11.1 Å². The number of sulfonamides is 1. The molecule has 1 unspecified atom stereocenters. The molecule has 1 atom stereocenters. The average Bonchev–Trinajstić information content (AvgIpc) is 2.79. The number of carbonyl (C=O) groups excluding carboxylic acids is 1. The Morgan fingerprint density at radius 3 is 2.15 bits per heavy atom. The largest absolute Gasteiger partial charge is 0.497 e. The summed E-state index contributed by atoms with van der Waals surface area (Å²) in [5.74, 6) is -0.482. The van der Waals surface area contributed by atoms with Crippen LogP contribution in [-0.2, 0) is 27.4 Å². The van der Waals surface area contributed by atoms with Crippen molar-refractivity contribution in [2.75, 3.05) is 12.4 Å². The number of hydrogen-bond donors (Lipinski definition) is 2. The maximum Gasteiger partial charge on any atom is 0.418 e. The van der Waals surface area contributed by atoms with Gasteiger partial charge in [-0.1, -0.05) is 42.5 Å². The van der Waals surface area contributed by atoms with Gasteiger partial charge in [-0.3, -0.25) is 4.79 Å². The van der Waals surface area contributed by atoms with Crippen molar-refractivity contribution in [1.82, 2.24) is 4.72 Å². The lowest BCUT2D eigenvalue weighted by Crippen LogP contribution is -2.45. The number of halogens is 3. The first kappa shape index (κ1) is 24.3. The lowest BCUT2D eigenvalue weighted by Gasteiger charge is -2.20. The number of anilines is 1. The zero-order valence-electron chi connectivity index (χ0n) is 17.5. The molecule has 174 valence electrons. The first-order valence-electron chi connectivity index (χ1n) is 9.77. The van der Waals surface area contributed by atoms with Gasteiger partial charge in [0, 0.05) is 0 Å². The van der Waals surface area contributed by atoms with Crippen molar-refractivity contribution < 1.29 is 31.1 Å². The number of carbonyl (C=O) groups is 1. The molecule has 33 heavy (non-hydrogen) atoms. The summed E-state index contributed by atoms with van der Waals surface area (Å²) in [7, 11) is -2.74. The zero-order chi connectivity index (χ0) is 24.1. The third-order valence-corrected chi connectivity index (χ3v) is 6.24. The lowest BCUT2D eigenvalue weighted by atomic mass is 10.1. The summed E-state index contributed by atoms with van der Waals surface area (Å²) in [6, 6.07) is 17.2. The van der Waals surface area contributed by atoms with Gasteiger partial charge >= 0.3 is 6.18 Å². The van der Waals surface area contributed by atoms with E-state index >= 15 is 0 Å². The molecule has 0 heterocycles. The molecule has 0 saturated carbocycles. The van der Waals surface area contributed by atoms with Crippen LogP contribution in [0.4, 0.5) is 18.9 Å². The molecule has 2 N–H and O–H groups in total. The Kier molecular flexibility index (Phi) is 7.39. The van der Waals surface area contributed by atoms with E-state index in [0.717, 1.165) is 12.1 Å². The van der Waals surface area contributed by atoms with E-state index in [1.807, 2.05) is 0 Å². The van der Waals surface area contributed by atoms with Crippen molar-refractivity contribution in [3.8, 4) is 5.75 Å². The number of benzene rings is 3. The molecule has 0 radical (unpaired) electrons. The number of hydrogen-bond acceptors (Lipinski definition) is 4. The van der Waals surface area contributed by atoms with Gasteiger partial charge in [0.2, 0.25) is 15.9 Å². The van der Waals surface area contributed by atoms with Gasteiger partial charge in [0.15, 0.2) is 0 Å². The van der Waals surface area contributed by atoms with Gasteiger partial charge in [0.05, 0.1) is 23.3 Å². The number of ether oxygens (including phenoxy) is 1. The minimum atomic E-state index is -4.69. The van der Waals surface area contributed by atoms with E-state index in [1.165, 1.54) is 43.5 Å². The van der Waals surface area contributed by atoms with Crippen molar-refractivity contribution in [1.29, 1.82) is 0 Å². The normalized spacial score (nSPS) is 12.7. The minimum Gasteiger partial charge on any atom is -0.497 e. The van der Waals surface area contributed by atoms with Crippen LogP contribution in [0.2, 0.25) is 0 Å². The summed E-state index contributed by atoms with van der Waals surface area (Å²) < 4.78 is 73.1. The SMILES string of the molecule is COc1ccc(S(=O)(=O)NC(Cc2ccccc2)C(=O)Nc2ccccc2C(F)(F)F)cc1. The Labute approximate surface area is 189 Å². The van der Waals surface area contributed by atoms with Gasteiger partial charge in [-0.15, -0.1) is 0 Å². The Morgan fingerprint density at radius 2 is 1.55 bits per heavy atom. The molecule has 0 saturated heterocycles. The van der Waals surface area contributed by atoms with Crippen LogP contribution < -0.4 is 14.8 Å². The highest BCUT2D eigenvalue weighted by atomic mass is 32.2. The predicted molar refractivity (Wildman–Crippen MR) is 117 cm³/mol. The highest BCUT2D eigenvalue weighted by molar-refractivity contribution is 7.89. The molecule has 6 nitrogen and oxygen atoms in total. The first-order chi connectivity index (χ1) is 15.6. The quantitative estimate of drug-likeness (QED) is 0.507. The Balaban J connectivity index is 1.90. The van der Waals surface area contributed by atoms with Gasteiger partial charge in [-0.05, 0) is 48.4 Å². The van der Waals surface area contributed by atoms with Crippen LogP contribution >= 0.6 is 0 Å². The van der Waals surface area contributed by atoms with Crippen molar-refractivity contribution in [2.24, 2.45) is 0 Å². The molecule has 3 aromatic rings. The highest BCUT2D eigenvalue weighted by Gasteiger charge is 2.34. The summed E-state index contributed by atoms with van der Waals surface area (Å²) in [5, 5.41) is 2.22. The van der Waals surface area contributed by atoms with E-state index in [0.29, 0.717) is 11.3 Å². The van der Waals surface area contributed by atoms with E-state index in [9.17, 15) is 26.4 Å². The maximum absolute atomic E-state index is 13.3. The molecule has 0 bridgehead atoms. The number of para-hydroxylation sites is 1. The summed E-state index contributed by atoms with van der Waals surface area (Å²) >= 11 is 0. The third-order valence-electron chi connectivity index (χ3n) is 4.76. The number of alkyl halides is 3. The molecule has 0 fully saturated rings. The molecule has 0 aromatic heterocycles. The monoisotopic (exact) mass is 478 g/mol. The summed E-state index contributed by atoms with van der Waals surface area (Å²) in [6.07, 6.45) is -4.77. The molecule has 10 heteroatoms. The second-order valence-corrected chi connectivity index (χ2v) is 8.79. The molecular weight excluding hydrogens is 457 g/mol. The molecule has 0 aliphatic rings. The fraction of sp³-hybridized carbons (Fsp3) is 0.174. The molecule has 1 amide bonds. The van der Waals surface area contributed by atoms with E-state index in [1.54, 1.807) is 30.3 Å². The lowest BCUT2D eigenvalue weighted by molar-refractivity contribution is -0.137. The van der Waals surface area contributed by atoms with E-state index < -0.39 is 39.4 Å². The van der Waals surface area contributed by atoms with Crippen molar-refractivity contribution in [3.63, 3.8) is 0 Å². The van der Waals surface area contributed by atoms with Gasteiger partial charge < -0.3 is 10.1 Å². The van der Waals surface area contributed by atoms with Crippen LogP contribution in [0.3, 0.4) is 0 Å². The average molecular weight is 478 g/mol. The second-order valence-electron chi connectivity index (χ2n) is 7.07.